The van der Waals surface area contributed by atoms with E-state index in [2.05, 4.69) is 10.6 Å². The van der Waals surface area contributed by atoms with Gasteiger partial charge in [0.05, 0.1) is 6.04 Å². The van der Waals surface area contributed by atoms with E-state index in [0.717, 1.165) is 11.3 Å². The van der Waals surface area contributed by atoms with Crippen molar-refractivity contribution in [2.45, 2.75) is 13.0 Å². The minimum atomic E-state index is -0.713. The highest BCUT2D eigenvalue weighted by Gasteiger charge is 2.17. The second kappa shape index (κ2) is 8.67. The van der Waals surface area contributed by atoms with Crippen molar-refractivity contribution in [3.05, 3.63) is 90.5 Å². The molecule has 0 aliphatic heterocycles. The molecule has 0 radical (unpaired) electrons. The van der Waals surface area contributed by atoms with Gasteiger partial charge in [-0.2, -0.15) is 0 Å². The standard InChI is InChI=1S/C22H20N2O3/c1-16(17-8-4-2-5-9-17)23-21(25)22(26)24-18-12-14-20(15-13-18)27-19-10-6-3-7-11-19/h2-16H,1H3,(H,23,25)(H,24,26). The summed E-state index contributed by atoms with van der Waals surface area (Å²) in [4.78, 5) is 24.2. The summed E-state index contributed by atoms with van der Waals surface area (Å²) in [6.45, 7) is 1.83. The summed E-state index contributed by atoms with van der Waals surface area (Å²) in [6, 6.07) is 25.4. The number of hydrogen-bond donors (Lipinski definition) is 2. The number of carbonyl (C=O) groups excluding carboxylic acids is 2. The number of nitrogens with one attached hydrogen (secondary N) is 2. The van der Waals surface area contributed by atoms with Gasteiger partial charge in [0.15, 0.2) is 0 Å². The molecule has 0 heterocycles. The lowest BCUT2D eigenvalue weighted by atomic mass is 10.1. The molecule has 3 aromatic rings. The van der Waals surface area contributed by atoms with Gasteiger partial charge >= 0.3 is 11.8 Å². The van der Waals surface area contributed by atoms with E-state index in [0.29, 0.717) is 11.4 Å². The van der Waals surface area contributed by atoms with Crippen LogP contribution in [-0.4, -0.2) is 11.8 Å². The van der Waals surface area contributed by atoms with E-state index in [1.165, 1.54) is 0 Å². The van der Waals surface area contributed by atoms with E-state index in [1.54, 1.807) is 24.3 Å². The van der Waals surface area contributed by atoms with Crippen molar-refractivity contribution in [1.82, 2.24) is 5.32 Å². The van der Waals surface area contributed by atoms with Gasteiger partial charge in [-0.1, -0.05) is 48.5 Å². The molecular weight excluding hydrogens is 340 g/mol. The minimum Gasteiger partial charge on any atom is -0.457 e. The van der Waals surface area contributed by atoms with Crippen LogP contribution in [0.4, 0.5) is 5.69 Å². The van der Waals surface area contributed by atoms with Gasteiger partial charge in [0.25, 0.3) is 0 Å². The summed E-state index contributed by atoms with van der Waals surface area (Å²) in [5.74, 6) is -0.0320. The molecule has 0 saturated carbocycles. The zero-order chi connectivity index (χ0) is 19.1. The van der Waals surface area contributed by atoms with Crippen molar-refractivity contribution in [3.63, 3.8) is 0 Å². The van der Waals surface area contributed by atoms with Gasteiger partial charge in [-0.3, -0.25) is 9.59 Å². The summed E-state index contributed by atoms with van der Waals surface area (Å²) in [5.41, 5.74) is 1.45. The summed E-state index contributed by atoms with van der Waals surface area (Å²) >= 11 is 0. The fraction of sp³-hybridized carbons (Fsp3) is 0.0909. The van der Waals surface area contributed by atoms with Crippen molar-refractivity contribution < 1.29 is 14.3 Å². The molecule has 3 aromatic carbocycles. The maximum Gasteiger partial charge on any atom is 0.313 e. The molecule has 2 N–H and O–H groups in total. The fourth-order valence-electron chi connectivity index (χ4n) is 2.51. The summed E-state index contributed by atoms with van der Waals surface area (Å²) < 4.78 is 5.70. The molecule has 0 aromatic heterocycles. The summed E-state index contributed by atoms with van der Waals surface area (Å²) in [5, 5.41) is 5.27. The number of anilines is 1. The van der Waals surface area contributed by atoms with Gasteiger partial charge < -0.3 is 15.4 Å². The molecule has 5 nitrogen and oxygen atoms in total. The summed E-state index contributed by atoms with van der Waals surface area (Å²) in [7, 11) is 0. The lowest BCUT2D eigenvalue weighted by Crippen LogP contribution is -2.36. The third kappa shape index (κ3) is 5.19. The molecule has 3 rings (SSSR count). The van der Waals surface area contributed by atoms with E-state index >= 15 is 0 Å². The molecule has 1 unspecified atom stereocenters. The Morgan fingerprint density at radius 1 is 0.741 bits per heavy atom. The van der Waals surface area contributed by atoms with Crippen LogP contribution in [0.5, 0.6) is 11.5 Å². The van der Waals surface area contributed by atoms with Crippen LogP contribution in [0, 0.1) is 0 Å². The largest absolute Gasteiger partial charge is 0.457 e. The number of para-hydroxylation sites is 1. The van der Waals surface area contributed by atoms with E-state index in [1.807, 2.05) is 67.6 Å². The second-order valence-corrected chi connectivity index (χ2v) is 6.00. The lowest BCUT2D eigenvalue weighted by molar-refractivity contribution is -0.136. The number of amides is 2. The van der Waals surface area contributed by atoms with Crippen LogP contribution in [0.3, 0.4) is 0 Å². The first-order valence-corrected chi connectivity index (χ1v) is 8.61. The third-order valence-electron chi connectivity index (χ3n) is 3.94. The Hall–Kier alpha value is -3.60. The fourth-order valence-corrected chi connectivity index (χ4v) is 2.51. The molecule has 0 fully saturated rings. The van der Waals surface area contributed by atoms with Gasteiger partial charge in [0, 0.05) is 5.69 Å². The van der Waals surface area contributed by atoms with Crippen LogP contribution in [-0.2, 0) is 9.59 Å². The number of ether oxygens (including phenoxy) is 1. The second-order valence-electron chi connectivity index (χ2n) is 6.00. The van der Waals surface area contributed by atoms with Gasteiger partial charge in [0.1, 0.15) is 11.5 Å². The Bertz CT molecular complexity index is 894. The van der Waals surface area contributed by atoms with Gasteiger partial charge in [0.2, 0.25) is 0 Å². The van der Waals surface area contributed by atoms with Crippen LogP contribution in [0.25, 0.3) is 0 Å². The van der Waals surface area contributed by atoms with Crippen LogP contribution < -0.4 is 15.4 Å². The van der Waals surface area contributed by atoms with E-state index in [9.17, 15) is 9.59 Å². The Labute approximate surface area is 158 Å². The number of hydrogen-bond acceptors (Lipinski definition) is 3. The maximum atomic E-state index is 12.1. The Morgan fingerprint density at radius 2 is 1.30 bits per heavy atom. The predicted octanol–water partition coefficient (Wildman–Crippen LogP) is 4.29. The van der Waals surface area contributed by atoms with Crippen LogP contribution in [0.15, 0.2) is 84.9 Å². The highest BCUT2D eigenvalue weighted by atomic mass is 16.5. The van der Waals surface area contributed by atoms with Crippen molar-refractivity contribution >= 4 is 17.5 Å². The highest BCUT2D eigenvalue weighted by Crippen LogP contribution is 2.22. The quantitative estimate of drug-likeness (QED) is 0.667. The van der Waals surface area contributed by atoms with E-state index in [4.69, 9.17) is 4.74 Å². The molecule has 136 valence electrons. The third-order valence-corrected chi connectivity index (χ3v) is 3.94. The smallest absolute Gasteiger partial charge is 0.313 e. The SMILES string of the molecule is CC(NC(=O)C(=O)Nc1ccc(Oc2ccccc2)cc1)c1ccccc1. The Morgan fingerprint density at radius 3 is 1.93 bits per heavy atom. The zero-order valence-corrected chi connectivity index (χ0v) is 14.9. The topological polar surface area (TPSA) is 67.4 Å². The maximum absolute atomic E-state index is 12.1. The lowest BCUT2D eigenvalue weighted by Gasteiger charge is -2.14. The van der Waals surface area contributed by atoms with Crippen molar-refractivity contribution in [2.75, 3.05) is 5.32 Å². The number of benzene rings is 3. The van der Waals surface area contributed by atoms with Crippen LogP contribution in [0.2, 0.25) is 0 Å². The molecule has 1 atom stereocenters. The van der Waals surface area contributed by atoms with Gasteiger partial charge in [-0.05, 0) is 48.9 Å². The summed E-state index contributed by atoms with van der Waals surface area (Å²) in [6.07, 6.45) is 0. The highest BCUT2D eigenvalue weighted by molar-refractivity contribution is 6.39. The predicted molar refractivity (Wildman–Crippen MR) is 105 cm³/mol. The average Bonchev–Trinajstić information content (AvgIpc) is 2.71. The van der Waals surface area contributed by atoms with Gasteiger partial charge in [-0.25, -0.2) is 0 Å². The monoisotopic (exact) mass is 360 g/mol. The van der Waals surface area contributed by atoms with Gasteiger partial charge in [-0.15, -0.1) is 0 Å². The molecule has 0 saturated heterocycles. The van der Waals surface area contributed by atoms with Crippen LogP contribution in [0.1, 0.15) is 18.5 Å². The molecule has 0 spiro atoms. The first-order chi connectivity index (χ1) is 13.1. The molecule has 0 aliphatic rings. The first kappa shape index (κ1) is 18.2. The normalized spacial score (nSPS) is 11.3. The number of carbonyl (C=O) groups is 2. The Balaban J connectivity index is 1.55. The Kier molecular flexibility index (Phi) is 5.84. The molecule has 5 heteroatoms. The molecule has 0 bridgehead atoms. The first-order valence-electron chi connectivity index (χ1n) is 8.61. The molecule has 2 amide bonds. The van der Waals surface area contributed by atoms with Crippen molar-refractivity contribution in [1.29, 1.82) is 0 Å². The molecular formula is C22H20N2O3. The minimum absolute atomic E-state index is 0.258. The molecule has 0 aliphatic carbocycles. The van der Waals surface area contributed by atoms with E-state index < -0.39 is 11.8 Å². The van der Waals surface area contributed by atoms with Crippen LogP contribution >= 0.6 is 0 Å². The number of rotatable bonds is 5. The zero-order valence-electron chi connectivity index (χ0n) is 14.9. The average molecular weight is 360 g/mol. The molecule has 27 heavy (non-hydrogen) atoms. The van der Waals surface area contributed by atoms with E-state index in [-0.39, 0.29) is 6.04 Å². The van der Waals surface area contributed by atoms with Crippen molar-refractivity contribution in [3.8, 4) is 11.5 Å². The van der Waals surface area contributed by atoms with Crippen molar-refractivity contribution in [2.24, 2.45) is 0 Å².